The average Bonchev–Trinajstić information content (AvgIpc) is 3.22. The van der Waals surface area contributed by atoms with E-state index in [2.05, 4.69) is 0 Å². The highest BCUT2D eigenvalue weighted by Crippen LogP contribution is 2.39. The number of imide groups is 1. The van der Waals surface area contributed by atoms with Gasteiger partial charge in [-0.2, -0.15) is 5.01 Å². The van der Waals surface area contributed by atoms with Crippen LogP contribution in [0.3, 0.4) is 0 Å². The first-order valence-corrected chi connectivity index (χ1v) is 14.0. The van der Waals surface area contributed by atoms with Gasteiger partial charge >= 0.3 is 5.97 Å². The number of nitrogens with zero attached hydrogens (tertiary/aromatic N) is 2. The molecule has 0 unspecified atom stereocenters. The second-order valence-electron chi connectivity index (χ2n) is 10.2. The molecule has 2 aliphatic rings. The van der Waals surface area contributed by atoms with E-state index in [4.69, 9.17) is 27.9 Å². The van der Waals surface area contributed by atoms with Gasteiger partial charge in [0.25, 0.3) is 17.7 Å². The van der Waals surface area contributed by atoms with E-state index in [9.17, 15) is 24.0 Å². The molecule has 41 heavy (non-hydrogen) atoms. The highest BCUT2D eigenvalue weighted by atomic mass is 35.5. The lowest BCUT2D eigenvalue weighted by atomic mass is 9.81. The van der Waals surface area contributed by atoms with Gasteiger partial charge in [0.2, 0.25) is 0 Å². The number of Topliss-reactive ketones (excluding diaryl/α,β-unsaturated/α-hetero) is 1. The van der Waals surface area contributed by atoms with Crippen LogP contribution in [0.1, 0.15) is 62.3 Å². The maximum Gasteiger partial charge on any atom is 0.343 e. The van der Waals surface area contributed by atoms with Crippen molar-refractivity contribution in [3.63, 3.8) is 0 Å². The summed E-state index contributed by atoms with van der Waals surface area (Å²) in [6, 6.07) is 16.9. The van der Waals surface area contributed by atoms with Gasteiger partial charge in [-0.05, 0) is 74.4 Å². The molecule has 0 N–H and O–H groups in total. The number of hydrazine groups is 1. The zero-order valence-electron chi connectivity index (χ0n) is 22.1. The van der Waals surface area contributed by atoms with Crippen molar-refractivity contribution in [2.75, 3.05) is 6.54 Å². The maximum absolute atomic E-state index is 13.7. The SMILES string of the molecule is Cc1ccc(C(=O)Oc2ccc(C(=O)CN(C(=O)c3ccc(Cl)c(Cl)c3)N3C(=O)[C@H]4CCCC[C@@H]4C3=O)cc2)cc1. The molecule has 3 amide bonds. The monoisotopic (exact) mass is 592 g/mol. The fourth-order valence-electron chi connectivity index (χ4n) is 5.19. The largest absolute Gasteiger partial charge is 0.423 e. The molecular formula is C31H26Cl2N2O6. The predicted molar refractivity (Wildman–Crippen MR) is 152 cm³/mol. The summed E-state index contributed by atoms with van der Waals surface area (Å²) in [6.07, 6.45) is 2.73. The fourth-order valence-corrected chi connectivity index (χ4v) is 5.48. The molecule has 0 radical (unpaired) electrons. The lowest BCUT2D eigenvalue weighted by Gasteiger charge is -2.30. The van der Waals surface area contributed by atoms with Crippen molar-refractivity contribution in [3.8, 4) is 5.75 Å². The summed E-state index contributed by atoms with van der Waals surface area (Å²) in [5.41, 5.74) is 1.66. The third-order valence-corrected chi connectivity index (χ3v) is 8.17. The lowest BCUT2D eigenvalue weighted by molar-refractivity contribution is -0.154. The number of ether oxygens (including phenoxy) is 1. The van der Waals surface area contributed by atoms with Crippen LogP contribution in [0.2, 0.25) is 10.0 Å². The fraction of sp³-hybridized carbons (Fsp3) is 0.258. The number of rotatable bonds is 7. The summed E-state index contributed by atoms with van der Waals surface area (Å²) in [7, 11) is 0. The smallest absolute Gasteiger partial charge is 0.343 e. The Hall–Kier alpha value is -4.01. The summed E-state index contributed by atoms with van der Waals surface area (Å²) < 4.78 is 5.40. The first kappa shape index (κ1) is 28.5. The van der Waals surface area contributed by atoms with Crippen LogP contribution < -0.4 is 4.74 Å². The van der Waals surface area contributed by atoms with Crippen LogP contribution in [0.25, 0.3) is 0 Å². The number of benzene rings is 3. The minimum absolute atomic E-state index is 0.0704. The van der Waals surface area contributed by atoms with E-state index in [1.54, 1.807) is 24.3 Å². The van der Waals surface area contributed by atoms with Crippen LogP contribution in [0.4, 0.5) is 0 Å². The number of aryl methyl sites for hydroxylation is 1. The summed E-state index contributed by atoms with van der Waals surface area (Å²) in [5, 5.41) is 2.08. The van der Waals surface area contributed by atoms with Gasteiger partial charge < -0.3 is 4.74 Å². The standard InChI is InChI=1S/C31H26Cl2N2O6/c1-18-6-8-20(9-7-18)31(40)41-22-13-10-19(11-14-22)27(36)17-34(28(37)21-12-15-25(32)26(33)16-21)35-29(38)23-4-2-3-5-24(23)30(35)39/h6-16,23-24H,2-5,17H2,1H3/t23-,24-/m0/s1. The Morgan fingerprint density at radius 1 is 0.805 bits per heavy atom. The number of ketones is 1. The number of fused-ring (bicyclic) bond motifs is 1. The van der Waals surface area contributed by atoms with Gasteiger partial charge in [-0.1, -0.05) is 53.7 Å². The molecule has 0 aromatic heterocycles. The summed E-state index contributed by atoms with van der Waals surface area (Å²) in [4.78, 5) is 66.2. The molecule has 1 saturated heterocycles. The van der Waals surface area contributed by atoms with Crippen molar-refractivity contribution < 1.29 is 28.7 Å². The third-order valence-electron chi connectivity index (χ3n) is 7.43. The van der Waals surface area contributed by atoms with Gasteiger partial charge in [-0.25, -0.2) is 9.80 Å². The molecule has 0 bridgehead atoms. The number of halogens is 2. The molecule has 1 aliphatic heterocycles. The zero-order valence-corrected chi connectivity index (χ0v) is 23.7. The number of carbonyl (C=O) groups excluding carboxylic acids is 5. The van der Waals surface area contributed by atoms with Crippen LogP contribution in [0.5, 0.6) is 5.75 Å². The van der Waals surface area contributed by atoms with E-state index in [1.165, 1.54) is 42.5 Å². The highest BCUT2D eigenvalue weighted by Gasteiger charge is 2.51. The summed E-state index contributed by atoms with van der Waals surface area (Å²) >= 11 is 12.1. The van der Waals surface area contributed by atoms with E-state index in [-0.39, 0.29) is 26.9 Å². The lowest BCUT2D eigenvalue weighted by Crippen LogP contribution is -2.52. The maximum atomic E-state index is 13.7. The Kier molecular flexibility index (Phi) is 8.24. The van der Waals surface area contributed by atoms with Crippen LogP contribution in [0.15, 0.2) is 66.7 Å². The van der Waals surface area contributed by atoms with E-state index in [0.29, 0.717) is 18.4 Å². The van der Waals surface area contributed by atoms with Crippen molar-refractivity contribution in [3.05, 3.63) is 99.0 Å². The average molecular weight is 593 g/mol. The quantitative estimate of drug-likeness (QED) is 0.146. The minimum atomic E-state index is -0.735. The molecule has 1 aliphatic carbocycles. The molecule has 0 spiro atoms. The van der Waals surface area contributed by atoms with E-state index >= 15 is 0 Å². The third kappa shape index (κ3) is 5.89. The Morgan fingerprint density at radius 3 is 1.95 bits per heavy atom. The second-order valence-corrected chi connectivity index (χ2v) is 11.0. The Morgan fingerprint density at radius 2 is 1.37 bits per heavy atom. The molecule has 3 aromatic rings. The minimum Gasteiger partial charge on any atom is -0.423 e. The van der Waals surface area contributed by atoms with Gasteiger partial charge in [0.1, 0.15) is 12.3 Å². The number of carbonyl (C=O) groups is 5. The molecule has 1 saturated carbocycles. The molecule has 10 heteroatoms. The van der Waals surface area contributed by atoms with Crippen LogP contribution in [-0.4, -0.2) is 46.0 Å². The topological polar surface area (TPSA) is 101 Å². The molecule has 5 rings (SSSR count). The molecule has 2 fully saturated rings. The van der Waals surface area contributed by atoms with Crippen molar-refractivity contribution in [2.45, 2.75) is 32.6 Å². The van der Waals surface area contributed by atoms with Gasteiger partial charge in [0, 0.05) is 11.1 Å². The summed E-state index contributed by atoms with van der Waals surface area (Å²) in [5.74, 6) is -3.58. The molecule has 2 atom stereocenters. The second kappa shape index (κ2) is 11.8. The number of amides is 3. The van der Waals surface area contributed by atoms with Gasteiger partial charge in [0.05, 0.1) is 27.4 Å². The van der Waals surface area contributed by atoms with Crippen LogP contribution in [-0.2, 0) is 9.59 Å². The Balaban J connectivity index is 1.38. The van der Waals surface area contributed by atoms with Crippen molar-refractivity contribution in [2.24, 2.45) is 11.8 Å². The van der Waals surface area contributed by atoms with Crippen LogP contribution in [0, 0.1) is 18.8 Å². The van der Waals surface area contributed by atoms with Gasteiger partial charge in [-0.15, -0.1) is 0 Å². The number of esters is 1. The molecule has 3 aromatic carbocycles. The number of hydrogen-bond donors (Lipinski definition) is 0. The summed E-state index contributed by atoms with van der Waals surface area (Å²) in [6.45, 7) is 1.34. The van der Waals surface area contributed by atoms with E-state index in [1.807, 2.05) is 6.92 Å². The van der Waals surface area contributed by atoms with Crippen molar-refractivity contribution in [1.82, 2.24) is 10.0 Å². The van der Waals surface area contributed by atoms with E-state index in [0.717, 1.165) is 28.4 Å². The molecule has 210 valence electrons. The van der Waals surface area contributed by atoms with Gasteiger partial charge in [-0.3, -0.25) is 19.2 Å². The number of hydrogen-bond acceptors (Lipinski definition) is 6. The van der Waals surface area contributed by atoms with Crippen molar-refractivity contribution >= 4 is 52.7 Å². The first-order valence-electron chi connectivity index (χ1n) is 13.2. The highest BCUT2D eigenvalue weighted by molar-refractivity contribution is 6.42. The normalized spacial score (nSPS) is 18.2. The Labute approximate surface area is 246 Å². The molecule has 8 nitrogen and oxygen atoms in total. The molecular weight excluding hydrogens is 567 g/mol. The predicted octanol–water partition coefficient (Wildman–Crippen LogP) is 5.94. The first-order chi connectivity index (χ1) is 19.6. The van der Waals surface area contributed by atoms with Crippen LogP contribution >= 0.6 is 23.2 Å². The zero-order chi connectivity index (χ0) is 29.3. The molecule has 1 heterocycles. The van der Waals surface area contributed by atoms with Crippen molar-refractivity contribution in [1.29, 1.82) is 0 Å². The Bertz CT molecular complexity index is 1510. The van der Waals surface area contributed by atoms with E-state index < -0.39 is 47.9 Å². The van der Waals surface area contributed by atoms with Gasteiger partial charge in [0.15, 0.2) is 5.78 Å².